The van der Waals surface area contributed by atoms with Crippen LogP contribution < -0.4 is 0 Å². The van der Waals surface area contributed by atoms with Gasteiger partial charge in [-0.2, -0.15) is 0 Å². The Kier molecular flexibility index (Phi) is 9.88. The minimum absolute atomic E-state index is 0.0348. The molecule has 0 aromatic rings. The molecule has 51 heavy (non-hydrogen) atoms. The SMILES string of the molecule is CC(C)=C[C@H]1[C@H]2OC[C@]34CC[C@H]5[C@@H](CC=C6C[C@@H](O[C@@H]7O[C@H](CO)[C@@H](O)[C@H](O)[C@H]7O[C@@H]7O[C@@H](C)[C@H](O)[C@@H](O)[C@H]7O)CC[C@@]65C)[C@@H]3C[C@H](O2)[C@@H]4[C@@H]1C. The van der Waals surface area contributed by atoms with E-state index in [-0.39, 0.29) is 29.3 Å². The van der Waals surface area contributed by atoms with E-state index in [9.17, 15) is 30.6 Å². The summed E-state index contributed by atoms with van der Waals surface area (Å²) in [7, 11) is 0. The molecule has 4 bridgehead atoms. The van der Waals surface area contributed by atoms with Crippen LogP contribution in [0.2, 0.25) is 0 Å². The Labute approximate surface area is 301 Å². The van der Waals surface area contributed by atoms with E-state index >= 15 is 0 Å². The molecule has 5 saturated heterocycles. The molecule has 21 atom stereocenters. The van der Waals surface area contributed by atoms with Crippen LogP contribution >= 0.6 is 0 Å². The standard InChI is InChI=1S/C39H60O12/c1-17(2)12-23-18(3)28-26-14-25-22-7-6-20-13-21(8-10-38(20,5)24(22)9-11-39(25,28)16-46-35(23)49-26)48-37-34(32(44)30(42)27(15-40)50-37)51-36-33(45)31(43)29(41)19(4)47-36/h6,12,18-19,21-37,40-45H,7-11,13-16H2,1-5H3/t18-,19+,21+,22-,23-,24+,25+,26+,27-,28+,29+,30-,31-,32+,33-,34-,35+,36+,37-,38+,39-/m1/s1. The summed E-state index contributed by atoms with van der Waals surface area (Å²) in [5.74, 6) is 3.05. The molecule has 0 aromatic carbocycles. The van der Waals surface area contributed by atoms with E-state index in [0.717, 1.165) is 32.3 Å². The van der Waals surface area contributed by atoms with Gasteiger partial charge in [-0.05, 0) is 101 Å². The van der Waals surface area contributed by atoms with E-state index in [1.165, 1.54) is 30.9 Å². The molecule has 9 aliphatic rings. The summed E-state index contributed by atoms with van der Waals surface area (Å²) in [6.45, 7) is 11.0. The van der Waals surface area contributed by atoms with Crippen molar-refractivity contribution in [3.05, 3.63) is 23.3 Å². The summed E-state index contributed by atoms with van der Waals surface area (Å²) in [5.41, 5.74) is 2.91. The van der Waals surface area contributed by atoms with Gasteiger partial charge < -0.3 is 59.1 Å². The molecular weight excluding hydrogens is 660 g/mol. The quantitative estimate of drug-likeness (QED) is 0.221. The number of hydrogen-bond donors (Lipinski definition) is 6. The van der Waals surface area contributed by atoms with E-state index in [1.807, 2.05) is 0 Å². The minimum atomic E-state index is -1.61. The summed E-state index contributed by atoms with van der Waals surface area (Å²) < 4.78 is 37.6. The first-order valence-electron chi connectivity index (χ1n) is 19.5. The number of ether oxygens (including phenoxy) is 6. The van der Waals surface area contributed by atoms with Gasteiger partial charge in [0.15, 0.2) is 18.9 Å². The topological polar surface area (TPSA) is 177 Å². The van der Waals surface area contributed by atoms with Crippen LogP contribution in [0.4, 0.5) is 0 Å². The monoisotopic (exact) mass is 720 g/mol. The van der Waals surface area contributed by atoms with Gasteiger partial charge in [0.25, 0.3) is 0 Å². The third-order valence-corrected chi connectivity index (χ3v) is 15.0. The smallest absolute Gasteiger partial charge is 0.187 e. The molecule has 0 unspecified atom stereocenters. The number of hydrogen-bond acceptors (Lipinski definition) is 12. The Hall–Kier alpha value is -1.00. The maximum Gasteiger partial charge on any atom is 0.187 e. The molecule has 12 heteroatoms. The molecule has 4 aliphatic carbocycles. The fraction of sp³-hybridized carbons (Fsp3) is 0.897. The normalized spacial score (nSPS) is 56.3. The first kappa shape index (κ1) is 36.9. The second kappa shape index (κ2) is 13.6. The van der Waals surface area contributed by atoms with Gasteiger partial charge in [-0.15, -0.1) is 0 Å². The number of fused-ring (bicyclic) bond motifs is 6. The van der Waals surface area contributed by atoms with Crippen LogP contribution in [-0.4, -0.2) is 124 Å². The fourth-order valence-corrected chi connectivity index (χ4v) is 12.4. The highest BCUT2D eigenvalue weighted by atomic mass is 16.8. The lowest BCUT2D eigenvalue weighted by molar-refractivity contribution is -0.369. The highest BCUT2D eigenvalue weighted by Gasteiger charge is 2.68. The molecule has 9 rings (SSSR count). The van der Waals surface area contributed by atoms with Crippen molar-refractivity contribution in [3.8, 4) is 0 Å². The van der Waals surface area contributed by atoms with Gasteiger partial charge in [0.2, 0.25) is 0 Å². The van der Waals surface area contributed by atoms with Crippen molar-refractivity contribution in [1.29, 1.82) is 0 Å². The first-order valence-corrected chi connectivity index (χ1v) is 19.5. The second-order valence-corrected chi connectivity index (χ2v) is 17.8. The average Bonchev–Trinajstić information content (AvgIpc) is 3.29. The predicted molar refractivity (Wildman–Crippen MR) is 181 cm³/mol. The molecule has 0 aromatic heterocycles. The van der Waals surface area contributed by atoms with Gasteiger partial charge in [-0.1, -0.05) is 37.1 Å². The number of allylic oxidation sites excluding steroid dienone is 2. The Morgan fingerprint density at radius 2 is 1.69 bits per heavy atom. The molecular formula is C39H60O12. The number of aliphatic hydroxyl groups is 6. The van der Waals surface area contributed by atoms with Crippen LogP contribution in [0.15, 0.2) is 23.3 Å². The molecule has 8 fully saturated rings. The zero-order valence-corrected chi connectivity index (χ0v) is 30.6. The van der Waals surface area contributed by atoms with Crippen LogP contribution in [0.5, 0.6) is 0 Å². The fourth-order valence-electron chi connectivity index (χ4n) is 12.4. The van der Waals surface area contributed by atoms with Crippen LogP contribution in [0.25, 0.3) is 0 Å². The summed E-state index contributed by atoms with van der Waals surface area (Å²) in [6.07, 6.45) is -1.79. The van der Waals surface area contributed by atoms with E-state index < -0.39 is 68.0 Å². The maximum absolute atomic E-state index is 11.1. The molecule has 288 valence electrons. The van der Waals surface area contributed by atoms with Crippen molar-refractivity contribution in [2.45, 2.75) is 159 Å². The molecule has 5 aliphatic heterocycles. The van der Waals surface area contributed by atoms with Gasteiger partial charge in [-0.3, -0.25) is 0 Å². The number of rotatable bonds is 6. The minimum Gasteiger partial charge on any atom is -0.394 e. The van der Waals surface area contributed by atoms with Crippen molar-refractivity contribution in [1.82, 2.24) is 0 Å². The summed E-state index contributed by atoms with van der Waals surface area (Å²) in [6, 6.07) is 0. The zero-order chi connectivity index (χ0) is 36.1. The van der Waals surface area contributed by atoms with Gasteiger partial charge in [0, 0.05) is 11.3 Å². The molecule has 0 radical (unpaired) electrons. The highest BCUT2D eigenvalue weighted by Crippen LogP contribution is 2.70. The van der Waals surface area contributed by atoms with E-state index in [1.54, 1.807) is 0 Å². The molecule has 6 N–H and O–H groups in total. The van der Waals surface area contributed by atoms with Crippen molar-refractivity contribution in [2.75, 3.05) is 13.2 Å². The largest absolute Gasteiger partial charge is 0.394 e. The lowest BCUT2D eigenvalue weighted by Crippen LogP contribution is -2.64. The summed E-state index contributed by atoms with van der Waals surface area (Å²) >= 11 is 0. The maximum atomic E-state index is 11.1. The van der Waals surface area contributed by atoms with E-state index in [4.69, 9.17) is 28.4 Å². The van der Waals surface area contributed by atoms with Gasteiger partial charge in [0.05, 0.1) is 31.5 Å². The van der Waals surface area contributed by atoms with Crippen LogP contribution in [-0.2, 0) is 28.4 Å². The van der Waals surface area contributed by atoms with Gasteiger partial charge in [-0.25, -0.2) is 0 Å². The predicted octanol–water partition coefficient (Wildman–Crippen LogP) is 2.17. The number of aliphatic hydroxyl groups excluding tert-OH is 6. The molecule has 5 heterocycles. The molecule has 0 amide bonds. The summed E-state index contributed by atoms with van der Waals surface area (Å²) in [4.78, 5) is 0. The Balaban J connectivity index is 0.987. The van der Waals surface area contributed by atoms with Gasteiger partial charge in [0.1, 0.15) is 42.7 Å². The van der Waals surface area contributed by atoms with Crippen LogP contribution in [0.1, 0.15) is 79.6 Å². The molecule has 3 saturated carbocycles. The van der Waals surface area contributed by atoms with Crippen LogP contribution in [0.3, 0.4) is 0 Å². The van der Waals surface area contributed by atoms with Crippen molar-refractivity contribution in [2.24, 2.45) is 46.3 Å². The zero-order valence-electron chi connectivity index (χ0n) is 30.6. The third kappa shape index (κ3) is 5.85. The van der Waals surface area contributed by atoms with Crippen LogP contribution in [0, 0.1) is 46.3 Å². The molecule has 12 nitrogen and oxygen atoms in total. The molecule has 1 spiro atoms. The Bertz CT molecular complexity index is 1350. The second-order valence-electron chi connectivity index (χ2n) is 17.8. The summed E-state index contributed by atoms with van der Waals surface area (Å²) in [5, 5.41) is 62.9. The van der Waals surface area contributed by atoms with Crippen molar-refractivity contribution >= 4 is 0 Å². The van der Waals surface area contributed by atoms with E-state index in [2.05, 4.69) is 39.8 Å². The lowest BCUT2D eigenvalue weighted by Gasteiger charge is -2.59. The van der Waals surface area contributed by atoms with E-state index in [0.29, 0.717) is 41.9 Å². The van der Waals surface area contributed by atoms with Crippen molar-refractivity contribution in [3.63, 3.8) is 0 Å². The third-order valence-electron chi connectivity index (χ3n) is 15.0. The van der Waals surface area contributed by atoms with Gasteiger partial charge >= 0.3 is 0 Å². The lowest BCUT2D eigenvalue weighted by atomic mass is 9.46. The Morgan fingerprint density at radius 3 is 2.43 bits per heavy atom. The van der Waals surface area contributed by atoms with Crippen molar-refractivity contribution < 1.29 is 59.1 Å². The average molecular weight is 721 g/mol. The Morgan fingerprint density at radius 1 is 0.902 bits per heavy atom. The highest BCUT2D eigenvalue weighted by molar-refractivity contribution is 5.27. The first-order chi connectivity index (χ1) is 24.3.